The molecule has 2 aromatic carbocycles. The first-order chi connectivity index (χ1) is 15.5. The summed E-state index contributed by atoms with van der Waals surface area (Å²) in [6.07, 6.45) is 2.21. The van der Waals surface area contributed by atoms with Crippen molar-refractivity contribution in [2.75, 3.05) is 26.8 Å². The molecule has 5 rings (SSSR count). The van der Waals surface area contributed by atoms with Gasteiger partial charge in [-0.05, 0) is 48.1 Å². The summed E-state index contributed by atoms with van der Waals surface area (Å²) in [7, 11) is 1.66. The topological polar surface area (TPSA) is 88.2 Å². The Bertz CT molecular complexity index is 1100. The molecule has 0 saturated carbocycles. The van der Waals surface area contributed by atoms with Gasteiger partial charge in [0.1, 0.15) is 25.3 Å². The average Bonchev–Trinajstić information content (AvgIpc) is 3.04. The van der Waals surface area contributed by atoms with E-state index in [0.717, 1.165) is 34.4 Å². The number of aryl methyl sites for hydroxylation is 1. The number of nitrogens with one attached hydrogen (secondary N) is 1. The lowest BCUT2D eigenvalue weighted by Crippen LogP contribution is -2.47. The van der Waals surface area contributed by atoms with E-state index in [9.17, 15) is 14.4 Å². The van der Waals surface area contributed by atoms with Gasteiger partial charge in [-0.3, -0.25) is 14.5 Å². The van der Waals surface area contributed by atoms with Crippen LogP contribution in [0.25, 0.3) is 0 Å². The summed E-state index contributed by atoms with van der Waals surface area (Å²) in [4.78, 5) is 41.6. The number of nitrogens with zero attached hydrogens (tertiary/aromatic N) is 2. The molecule has 2 aromatic rings. The first kappa shape index (κ1) is 20.4. The van der Waals surface area contributed by atoms with Crippen LogP contribution in [0.15, 0.2) is 42.5 Å². The summed E-state index contributed by atoms with van der Waals surface area (Å²) in [5, 5.41) is 2.89. The number of benzene rings is 2. The molecule has 8 heteroatoms. The van der Waals surface area contributed by atoms with E-state index in [1.165, 1.54) is 4.90 Å². The number of hydrogen-bond donors (Lipinski definition) is 1. The molecule has 32 heavy (non-hydrogen) atoms. The molecule has 0 aromatic heterocycles. The predicted octanol–water partition coefficient (Wildman–Crippen LogP) is 2.20. The minimum Gasteiger partial charge on any atom is -0.486 e. The molecule has 1 spiro atoms. The summed E-state index contributed by atoms with van der Waals surface area (Å²) < 4.78 is 11.1. The predicted molar refractivity (Wildman–Crippen MR) is 115 cm³/mol. The molecule has 8 nitrogen and oxygen atoms in total. The normalized spacial score (nSPS) is 21.3. The van der Waals surface area contributed by atoms with Crippen molar-refractivity contribution in [3.8, 4) is 11.5 Å². The van der Waals surface area contributed by atoms with E-state index in [1.54, 1.807) is 7.05 Å². The van der Waals surface area contributed by atoms with Gasteiger partial charge >= 0.3 is 6.03 Å². The van der Waals surface area contributed by atoms with Gasteiger partial charge in [0.2, 0.25) is 5.91 Å². The Morgan fingerprint density at radius 3 is 2.75 bits per heavy atom. The van der Waals surface area contributed by atoms with Crippen LogP contribution in [-0.2, 0) is 28.1 Å². The zero-order valence-corrected chi connectivity index (χ0v) is 17.9. The third-order valence-corrected chi connectivity index (χ3v) is 6.40. The van der Waals surface area contributed by atoms with Crippen LogP contribution in [0.4, 0.5) is 4.79 Å². The van der Waals surface area contributed by atoms with Crippen molar-refractivity contribution in [3.05, 3.63) is 59.2 Å². The maximum absolute atomic E-state index is 13.4. The Labute approximate surface area is 186 Å². The van der Waals surface area contributed by atoms with Gasteiger partial charge in [0.05, 0.1) is 0 Å². The van der Waals surface area contributed by atoms with E-state index in [0.29, 0.717) is 37.7 Å². The van der Waals surface area contributed by atoms with E-state index < -0.39 is 11.6 Å². The molecule has 1 fully saturated rings. The molecular formula is C24H25N3O5. The number of carbonyl (C=O) groups is 3. The third-order valence-electron chi connectivity index (χ3n) is 6.40. The second-order valence-electron chi connectivity index (χ2n) is 8.47. The number of imide groups is 1. The van der Waals surface area contributed by atoms with Gasteiger partial charge in [0, 0.05) is 13.6 Å². The van der Waals surface area contributed by atoms with E-state index >= 15 is 0 Å². The highest BCUT2D eigenvalue weighted by Gasteiger charge is 2.54. The molecule has 2 aliphatic heterocycles. The molecular weight excluding hydrogens is 410 g/mol. The fourth-order valence-electron chi connectivity index (χ4n) is 4.76. The second kappa shape index (κ2) is 7.85. The lowest BCUT2D eigenvalue weighted by molar-refractivity contribution is -0.139. The van der Waals surface area contributed by atoms with Crippen molar-refractivity contribution in [1.29, 1.82) is 0 Å². The first-order valence-electron chi connectivity index (χ1n) is 10.8. The molecule has 1 atom stereocenters. The number of ether oxygens (including phenoxy) is 2. The number of carbonyl (C=O) groups excluding carboxylic acids is 3. The molecule has 1 saturated heterocycles. The molecule has 4 amide bonds. The van der Waals surface area contributed by atoms with Gasteiger partial charge in [-0.1, -0.05) is 30.3 Å². The molecule has 0 bridgehead atoms. The molecule has 1 N–H and O–H groups in total. The molecule has 166 valence electrons. The van der Waals surface area contributed by atoms with E-state index in [1.807, 2.05) is 42.5 Å². The maximum atomic E-state index is 13.4. The van der Waals surface area contributed by atoms with Gasteiger partial charge < -0.3 is 19.7 Å². The number of urea groups is 1. The molecule has 0 radical (unpaired) electrons. The standard InChI is InChI=1S/C24H25N3O5/c1-26(14-16-8-9-19-20(13-16)32-12-11-31-19)21(28)15-27-22(29)24(25-23(27)30)10-4-6-17-5-2-3-7-18(17)24/h2-3,5,7-9,13H,4,6,10-12,14-15H2,1H3,(H,25,30)/t24-/m1/s1. The van der Waals surface area contributed by atoms with Crippen LogP contribution in [0, 0.1) is 0 Å². The highest BCUT2D eigenvalue weighted by molar-refractivity contribution is 6.09. The van der Waals surface area contributed by atoms with Crippen LogP contribution in [0.1, 0.15) is 29.5 Å². The number of rotatable bonds is 4. The van der Waals surface area contributed by atoms with E-state index in [-0.39, 0.29) is 18.4 Å². The van der Waals surface area contributed by atoms with Crippen molar-refractivity contribution in [1.82, 2.24) is 15.1 Å². The Morgan fingerprint density at radius 1 is 1.12 bits per heavy atom. The van der Waals surface area contributed by atoms with Gasteiger partial charge in [0.15, 0.2) is 11.5 Å². The zero-order chi connectivity index (χ0) is 22.3. The number of likely N-dealkylation sites (N-methyl/N-ethyl adjacent to an activating group) is 1. The van der Waals surface area contributed by atoms with Crippen LogP contribution < -0.4 is 14.8 Å². The van der Waals surface area contributed by atoms with Crippen molar-refractivity contribution in [2.24, 2.45) is 0 Å². The summed E-state index contributed by atoms with van der Waals surface area (Å²) >= 11 is 0. The number of hydrogen-bond acceptors (Lipinski definition) is 5. The van der Waals surface area contributed by atoms with Crippen LogP contribution in [-0.4, -0.2) is 54.5 Å². The van der Waals surface area contributed by atoms with Crippen LogP contribution >= 0.6 is 0 Å². The lowest BCUT2D eigenvalue weighted by Gasteiger charge is -2.33. The smallest absolute Gasteiger partial charge is 0.325 e. The quantitative estimate of drug-likeness (QED) is 0.744. The Balaban J connectivity index is 1.30. The SMILES string of the molecule is CN(Cc1ccc2c(c1)OCCO2)C(=O)CN1C(=O)N[C@@]2(CCCc3ccccc32)C1=O. The minimum absolute atomic E-state index is 0.296. The van der Waals surface area contributed by atoms with Gasteiger partial charge in [-0.15, -0.1) is 0 Å². The van der Waals surface area contributed by atoms with Crippen molar-refractivity contribution < 1.29 is 23.9 Å². The van der Waals surface area contributed by atoms with Crippen LogP contribution in [0.2, 0.25) is 0 Å². The maximum Gasteiger partial charge on any atom is 0.325 e. The largest absolute Gasteiger partial charge is 0.486 e. The molecule has 3 aliphatic rings. The average molecular weight is 435 g/mol. The van der Waals surface area contributed by atoms with Crippen molar-refractivity contribution >= 4 is 17.8 Å². The second-order valence-corrected chi connectivity index (χ2v) is 8.47. The Morgan fingerprint density at radius 2 is 1.91 bits per heavy atom. The zero-order valence-electron chi connectivity index (χ0n) is 17.9. The lowest BCUT2D eigenvalue weighted by atomic mass is 9.76. The fraction of sp³-hybridized carbons (Fsp3) is 0.375. The number of amides is 4. The third kappa shape index (κ3) is 3.36. The first-order valence-corrected chi connectivity index (χ1v) is 10.8. The Kier molecular flexibility index (Phi) is 5.00. The number of fused-ring (bicyclic) bond motifs is 3. The molecule has 1 aliphatic carbocycles. The van der Waals surface area contributed by atoms with Gasteiger partial charge in [0.25, 0.3) is 5.91 Å². The summed E-state index contributed by atoms with van der Waals surface area (Å²) in [5.74, 6) is 0.674. The summed E-state index contributed by atoms with van der Waals surface area (Å²) in [6, 6.07) is 12.7. The monoisotopic (exact) mass is 435 g/mol. The minimum atomic E-state index is -1.07. The fourth-order valence-corrected chi connectivity index (χ4v) is 4.76. The summed E-state index contributed by atoms with van der Waals surface area (Å²) in [6.45, 7) is 1.04. The van der Waals surface area contributed by atoms with Crippen LogP contribution in [0.5, 0.6) is 11.5 Å². The van der Waals surface area contributed by atoms with Gasteiger partial charge in [-0.2, -0.15) is 0 Å². The molecule has 0 unspecified atom stereocenters. The molecule has 2 heterocycles. The van der Waals surface area contributed by atoms with Gasteiger partial charge in [-0.25, -0.2) is 4.79 Å². The van der Waals surface area contributed by atoms with Crippen molar-refractivity contribution in [2.45, 2.75) is 31.3 Å². The van der Waals surface area contributed by atoms with Crippen LogP contribution in [0.3, 0.4) is 0 Å². The van der Waals surface area contributed by atoms with E-state index in [4.69, 9.17) is 9.47 Å². The highest BCUT2D eigenvalue weighted by atomic mass is 16.6. The highest BCUT2D eigenvalue weighted by Crippen LogP contribution is 2.40. The van der Waals surface area contributed by atoms with E-state index in [2.05, 4.69) is 5.32 Å². The van der Waals surface area contributed by atoms with Crippen molar-refractivity contribution in [3.63, 3.8) is 0 Å². The summed E-state index contributed by atoms with van der Waals surface area (Å²) in [5.41, 5.74) is 1.71. The Hall–Kier alpha value is -3.55.